The molecule has 7 nitrogen and oxygen atoms in total. The van der Waals surface area contributed by atoms with E-state index < -0.39 is 0 Å². The second-order valence-corrected chi connectivity index (χ2v) is 6.57. The number of benzene rings is 1. The number of carbonyl (C=O) groups excluding carboxylic acids is 1. The predicted molar refractivity (Wildman–Crippen MR) is 93.3 cm³/mol. The molecule has 1 aliphatic heterocycles. The Bertz CT molecular complexity index is 729. The van der Waals surface area contributed by atoms with Crippen LogP contribution in [0.25, 0.3) is 0 Å². The lowest BCUT2D eigenvalue weighted by Crippen LogP contribution is -2.37. The van der Waals surface area contributed by atoms with Gasteiger partial charge >= 0.3 is 0 Å². The van der Waals surface area contributed by atoms with Crippen LogP contribution in [-0.2, 0) is 6.54 Å². The molecule has 1 fully saturated rings. The van der Waals surface area contributed by atoms with Gasteiger partial charge in [-0.05, 0) is 25.0 Å². The smallest absolute Gasteiger partial charge is 0.256 e. The molecule has 1 atom stereocenters. The topological polar surface area (TPSA) is 91.5 Å². The van der Waals surface area contributed by atoms with Crippen molar-refractivity contribution in [1.82, 2.24) is 15.1 Å². The van der Waals surface area contributed by atoms with Crippen molar-refractivity contribution in [1.29, 1.82) is 0 Å². The highest BCUT2D eigenvalue weighted by molar-refractivity contribution is 5.99. The van der Waals surface area contributed by atoms with Gasteiger partial charge in [0.15, 0.2) is 0 Å². The molecular weight excluding hydrogens is 320 g/mol. The number of nitrogens with zero attached hydrogens (tertiary/aromatic N) is 3. The van der Waals surface area contributed by atoms with Crippen LogP contribution in [0, 0.1) is 0 Å². The van der Waals surface area contributed by atoms with Gasteiger partial charge in [0.2, 0.25) is 11.8 Å². The number of rotatable bonds is 6. The van der Waals surface area contributed by atoms with E-state index in [4.69, 9.17) is 4.42 Å². The summed E-state index contributed by atoms with van der Waals surface area (Å²) < 4.78 is 5.59. The summed E-state index contributed by atoms with van der Waals surface area (Å²) in [6.45, 7) is 5.02. The second-order valence-electron chi connectivity index (χ2n) is 6.57. The Balaban J connectivity index is 1.73. The van der Waals surface area contributed by atoms with Gasteiger partial charge in [0.1, 0.15) is 0 Å². The molecule has 25 heavy (non-hydrogen) atoms. The highest BCUT2D eigenvalue weighted by Crippen LogP contribution is 2.24. The van der Waals surface area contributed by atoms with Gasteiger partial charge in [-0.1, -0.05) is 26.0 Å². The van der Waals surface area contributed by atoms with E-state index in [1.54, 1.807) is 11.0 Å². The van der Waals surface area contributed by atoms with Gasteiger partial charge in [-0.15, -0.1) is 10.2 Å². The minimum absolute atomic E-state index is 0.00129. The first-order valence-electron chi connectivity index (χ1n) is 8.67. The second kappa shape index (κ2) is 7.65. The summed E-state index contributed by atoms with van der Waals surface area (Å²) in [6, 6.07) is 7.28. The van der Waals surface area contributed by atoms with Crippen LogP contribution in [0.2, 0.25) is 0 Å². The largest absolute Gasteiger partial charge is 0.423 e. The van der Waals surface area contributed by atoms with Crippen LogP contribution >= 0.6 is 0 Å². The number of aliphatic hydroxyl groups excluding tert-OH is 1. The van der Waals surface area contributed by atoms with E-state index in [-0.39, 0.29) is 24.5 Å². The van der Waals surface area contributed by atoms with Crippen molar-refractivity contribution in [3.63, 3.8) is 0 Å². The summed E-state index contributed by atoms with van der Waals surface area (Å²) in [7, 11) is 0. The van der Waals surface area contributed by atoms with Crippen molar-refractivity contribution in [3.8, 4) is 0 Å². The van der Waals surface area contributed by atoms with Crippen LogP contribution in [0.5, 0.6) is 0 Å². The number of carbonyl (C=O) groups is 1. The van der Waals surface area contributed by atoms with Gasteiger partial charge in [0.25, 0.3) is 5.91 Å². The fourth-order valence-corrected chi connectivity index (χ4v) is 3.01. The molecule has 7 heteroatoms. The molecule has 1 aliphatic rings. The summed E-state index contributed by atoms with van der Waals surface area (Å²) in [5.74, 6) is 1.21. The molecule has 1 amide bonds. The van der Waals surface area contributed by atoms with Crippen molar-refractivity contribution in [2.45, 2.75) is 45.2 Å². The molecule has 0 saturated carbocycles. The number of hydrogen-bond acceptors (Lipinski definition) is 6. The summed E-state index contributed by atoms with van der Waals surface area (Å²) >= 11 is 0. The van der Waals surface area contributed by atoms with E-state index in [1.165, 1.54) is 0 Å². The number of anilines is 1. The maximum absolute atomic E-state index is 12.9. The Morgan fingerprint density at radius 3 is 2.92 bits per heavy atom. The summed E-state index contributed by atoms with van der Waals surface area (Å²) in [5, 5.41) is 20.7. The number of hydrogen-bond donors (Lipinski definition) is 2. The molecular formula is C18H24N4O3. The van der Waals surface area contributed by atoms with Gasteiger partial charge in [0, 0.05) is 18.2 Å². The first-order valence-corrected chi connectivity index (χ1v) is 8.67. The van der Waals surface area contributed by atoms with Crippen LogP contribution in [0.15, 0.2) is 28.7 Å². The highest BCUT2D eigenvalue weighted by Gasteiger charge is 2.29. The summed E-state index contributed by atoms with van der Waals surface area (Å²) in [5.41, 5.74) is 1.31. The lowest BCUT2D eigenvalue weighted by Gasteiger charge is -2.24. The lowest BCUT2D eigenvalue weighted by molar-refractivity contribution is 0.0678. The third-order valence-corrected chi connectivity index (χ3v) is 4.41. The average Bonchev–Trinajstić information content (AvgIpc) is 3.28. The molecule has 0 bridgehead atoms. The number of para-hydroxylation sites is 1. The Labute approximate surface area is 147 Å². The monoisotopic (exact) mass is 344 g/mol. The molecule has 3 rings (SSSR count). The predicted octanol–water partition coefficient (Wildman–Crippen LogP) is 2.40. The molecule has 1 aromatic heterocycles. The molecule has 0 spiro atoms. The third-order valence-electron chi connectivity index (χ3n) is 4.41. The summed E-state index contributed by atoms with van der Waals surface area (Å²) in [4.78, 5) is 14.6. The first kappa shape index (κ1) is 17.4. The Kier molecular flexibility index (Phi) is 5.33. The standard InChI is InChI=1S/C18H24N4O3/c1-12(2)17-21-20-16(25-17)10-19-15-8-4-3-7-14(15)18(24)22-9-5-6-13(22)11-23/h3-4,7-8,12-13,19,23H,5-6,9-11H2,1-2H3. The van der Waals surface area contributed by atoms with Crippen LogP contribution in [0.4, 0.5) is 5.69 Å². The van der Waals surface area contributed by atoms with Crippen molar-refractivity contribution >= 4 is 11.6 Å². The van der Waals surface area contributed by atoms with Crippen LogP contribution in [-0.4, -0.2) is 45.3 Å². The fourth-order valence-electron chi connectivity index (χ4n) is 3.01. The maximum atomic E-state index is 12.9. The lowest BCUT2D eigenvalue weighted by atomic mass is 10.1. The van der Waals surface area contributed by atoms with Crippen molar-refractivity contribution in [3.05, 3.63) is 41.6 Å². The van der Waals surface area contributed by atoms with Crippen LogP contribution < -0.4 is 5.32 Å². The SMILES string of the molecule is CC(C)c1nnc(CNc2ccccc2C(=O)N2CCCC2CO)o1. The quantitative estimate of drug-likeness (QED) is 0.836. The maximum Gasteiger partial charge on any atom is 0.256 e. The van der Waals surface area contributed by atoms with Crippen LogP contribution in [0.3, 0.4) is 0 Å². The van der Waals surface area contributed by atoms with E-state index in [2.05, 4.69) is 15.5 Å². The van der Waals surface area contributed by atoms with Gasteiger partial charge in [-0.25, -0.2) is 0 Å². The van der Waals surface area contributed by atoms with E-state index in [0.717, 1.165) is 18.5 Å². The Morgan fingerprint density at radius 2 is 2.20 bits per heavy atom. The van der Waals surface area contributed by atoms with E-state index in [0.29, 0.717) is 30.4 Å². The van der Waals surface area contributed by atoms with Gasteiger partial charge in [-0.3, -0.25) is 4.79 Å². The number of aliphatic hydroxyl groups is 1. The van der Waals surface area contributed by atoms with E-state index in [9.17, 15) is 9.90 Å². The number of likely N-dealkylation sites (tertiary alicyclic amines) is 1. The molecule has 1 saturated heterocycles. The van der Waals surface area contributed by atoms with E-state index in [1.807, 2.05) is 32.0 Å². The molecule has 134 valence electrons. The van der Waals surface area contributed by atoms with Crippen molar-refractivity contribution < 1.29 is 14.3 Å². The number of aromatic nitrogens is 2. The average molecular weight is 344 g/mol. The van der Waals surface area contributed by atoms with Crippen LogP contribution in [0.1, 0.15) is 54.7 Å². The molecule has 1 unspecified atom stereocenters. The van der Waals surface area contributed by atoms with Gasteiger partial charge in [-0.2, -0.15) is 0 Å². The number of nitrogens with one attached hydrogen (secondary N) is 1. The molecule has 2 N–H and O–H groups in total. The van der Waals surface area contributed by atoms with E-state index >= 15 is 0 Å². The van der Waals surface area contributed by atoms with Crippen molar-refractivity contribution in [2.75, 3.05) is 18.5 Å². The zero-order valence-corrected chi connectivity index (χ0v) is 14.6. The minimum atomic E-state index is -0.0925. The minimum Gasteiger partial charge on any atom is -0.423 e. The Hall–Kier alpha value is -2.41. The first-order chi connectivity index (χ1) is 12.1. The molecule has 1 aromatic carbocycles. The molecule has 2 heterocycles. The van der Waals surface area contributed by atoms with Gasteiger partial charge in [0.05, 0.1) is 24.8 Å². The highest BCUT2D eigenvalue weighted by atomic mass is 16.4. The summed E-state index contributed by atoms with van der Waals surface area (Å²) in [6.07, 6.45) is 1.77. The zero-order chi connectivity index (χ0) is 17.8. The third kappa shape index (κ3) is 3.82. The zero-order valence-electron chi connectivity index (χ0n) is 14.6. The van der Waals surface area contributed by atoms with Gasteiger partial charge < -0.3 is 19.7 Å². The molecule has 2 aromatic rings. The van der Waals surface area contributed by atoms with Crippen molar-refractivity contribution in [2.24, 2.45) is 0 Å². The number of amides is 1. The fraction of sp³-hybridized carbons (Fsp3) is 0.500. The Morgan fingerprint density at radius 1 is 1.40 bits per heavy atom. The normalized spacial score (nSPS) is 17.3. The molecule has 0 aliphatic carbocycles. The molecule has 0 radical (unpaired) electrons.